The molecule has 1 aromatic heterocycles. The van der Waals surface area contributed by atoms with E-state index in [4.69, 9.17) is 0 Å². The molecule has 1 aromatic rings. The van der Waals surface area contributed by atoms with E-state index in [9.17, 15) is 4.39 Å². The number of aromatic nitrogens is 1. The number of pyridine rings is 1. The first-order valence-electron chi connectivity index (χ1n) is 3.23. The second-order valence-electron chi connectivity index (χ2n) is 1.97. The summed E-state index contributed by atoms with van der Waals surface area (Å²) in [4.78, 5) is 3.62. The van der Waals surface area contributed by atoms with E-state index in [-0.39, 0.29) is 0 Å². The molecule has 0 fully saturated rings. The monoisotopic (exact) mass is 169 g/mol. The van der Waals surface area contributed by atoms with Gasteiger partial charge >= 0.3 is 0 Å². The van der Waals surface area contributed by atoms with Crippen LogP contribution in [0.15, 0.2) is 24.3 Å². The van der Waals surface area contributed by atoms with Gasteiger partial charge in [-0.15, -0.1) is 0 Å². The Labute approximate surface area is 70.4 Å². The van der Waals surface area contributed by atoms with E-state index in [2.05, 4.69) is 17.6 Å². The molecule has 0 aliphatic carbocycles. The Morgan fingerprint density at radius 3 is 3.00 bits per heavy atom. The van der Waals surface area contributed by atoms with E-state index in [1.807, 2.05) is 6.08 Å². The summed E-state index contributed by atoms with van der Waals surface area (Å²) in [6.45, 7) is 0. The van der Waals surface area contributed by atoms with Gasteiger partial charge in [0.1, 0.15) is 0 Å². The minimum absolute atomic E-state index is 0.452. The van der Waals surface area contributed by atoms with Crippen LogP contribution in [0, 0.1) is 5.95 Å². The van der Waals surface area contributed by atoms with Crippen LogP contribution in [-0.4, -0.2) is 10.7 Å². The van der Waals surface area contributed by atoms with Crippen LogP contribution in [0.3, 0.4) is 0 Å². The predicted octanol–water partition coefficient (Wildman–Crippen LogP) is 2.16. The quantitative estimate of drug-likeness (QED) is 0.529. The fourth-order valence-corrected chi connectivity index (χ4v) is 0.796. The van der Waals surface area contributed by atoms with E-state index >= 15 is 0 Å². The van der Waals surface area contributed by atoms with Crippen LogP contribution in [0.25, 0.3) is 6.08 Å². The van der Waals surface area contributed by atoms with E-state index in [0.717, 1.165) is 0 Å². The molecule has 0 saturated heterocycles. The average molecular weight is 169 g/mol. The lowest BCUT2D eigenvalue weighted by Crippen LogP contribution is -1.84. The zero-order valence-corrected chi connectivity index (χ0v) is 6.76. The molecular weight excluding hydrogens is 161 g/mol. The topological polar surface area (TPSA) is 12.9 Å². The fourth-order valence-electron chi connectivity index (χ4n) is 0.690. The fraction of sp³-hybridized carbons (Fsp3) is 0.125. The first-order valence-corrected chi connectivity index (χ1v) is 3.86. The zero-order valence-electron chi connectivity index (χ0n) is 5.87. The Kier molecular flexibility index (Phi) is 3.11. The third kappa shape index (κ3) is 2.72. The van der Waals surface area contributed by atoms with Crippen LogP contribution in [0.4, 0.5) is 4.39 Å². The van der Waals surface area contributed by atoms with Crippen molar-refractivity contribution in [1.29, 1.82) is 0 Å². The number of thiol groups is 1. The molecule has 0 bridgehead atoms. The summed E-state index contributed by atoms with van der Waals surface area (Å²) in [6.07, 6.45) is 3.54. The smallest absolute Gasteiger partial charge is 0.213 e. The first kappa shape index (κ1) is 8.27. The van der Waals surface area contributed by atoms with Crippen molar-refractivity contribution in [3.8, 4) is 0 Å². The van der Waals surface area contributed by atoms with Crippen LogP contribution in [0.2, 0.25) is 0 Å². The maximum absolute atomic E-state index is 12.4. The highest BCUT2D eigenvalue weighted by Crippen LogP contribution is 1.99. The van der Waals surface area contributed by atoms with E-state index in [0.29, 0.717) is 11.4 Å². The van der Waals surface area contributed by atoms with E-state index in [1.54, 1.807) is 18.2 Å². The third-order valence-corrected chi connectivity index (χ3v) is 1.34. The highest BCUT2D eigenvalue weighted by atomic mass is 32.1. The van der Waals surface area contributed by atoms with Crippen molar-refractivity contribution in [1.82, 2.24) is 4.98 Å². The summed E-state index contributed by atoms with van der Waals surface area (Å²) in [7, 11) is 0. The van der Waals surface area contributed by atoms with Crippen LogP contribution in [0.5, 0.6) is 0 Å². The van der Waals surface area contributed by atoms with Gasteiger partial charge in [-0.2, -0.15) is 17.0 Å². The van der Waals surface area contributed by atoms with Crippen LogP contribution in [-0.2, 0) is 0 Å². The van der Waals surface area contributed by atoms with Gasteiger partial charge in [0, 0.05) is 5.75 Å². The summed E-state index contributed by atoms with van der Waals surface area (Å²) < 4.78 is 12.4. The van der Waals surface area contributed by atoms with Crippen molar-refractivity contribution in [3.05, 3.63) is 35.9 Å². The average Bonchev–Trinajstić information content (AvgIpc) is 2.01. The van der Waals surface area contributed by atoms with Crippen LogP contribution in [0.1, 0.15) is 5.69 Å². The van der Waals surface area contributed by atoms with Gasteiger partial charge in [-0.25, -0.2) is 4.98 Å². The normalized spacial score (nSPS) is 10.7. The predicted molar refractivity (Wildman–Crippen MR) is 47.1 cm³/mol. The second-order valence-corrected chi connectivity index (χ2v) is 2.34. The molecule has 0 aromatic carbocycles. The molecule has 3 heteroatoms. The standard InChI is InChI=1S/C8H8FNS/c9-8-5-1-3-7(10-8)4-2-6-11/h1-5,11H,6H2. The van der Waals surface area contributed by atoms with Crippen molar-refractivity contribution in [2.24, 2.45) is 0 Å². The molecule has 1 nitrogen and oxygen atoms in total. The summed E-state index contributed by atoms with van der Waals surface area (Å²) in [5, 5.41) is 0. The van der Waals surface area contributed by atoms with Gasteiger partial charge in [-0.1, -0.05) is 12.1 Å². The maximum atomic E-state index is 12.4. The first-order chi connectivity index (χ1) is 5.33. The summed E-state index contributed by atoms with van der Waals surface area (Å²) in [5.41, 5.74) is 0.624. The molecule has 0 spiro atoms. The SMILES string of the molecule is Fc1cccc(C=CCS)n1. The van der Waals surface area contributed by atoms with Gasteiger partial charge in [0.2, 0.25) is 5.95 Å². The van der Waals surface area contributed by atoms with Gasteiger partial charge in [-0.05, 0) is 18.2 Å². The van der Waals surface area contributed by atoms with Gasteiger partial charge < -0.3 is 0 Å². The number of rotatable bonds is 2. The molecule has 0 saturated carbocycles. The van der Waals surface area contributed by atoms with Gasteiger partial charge in [0.25, 0.3) is 0 Å². The lowest BCUT2D eigenvalue weighted by molar-refractivity contribution is 0.583. The van der Waals surface area contributed by atoms with Crippen molar-refractivity contribution in [3.63, 3.8) is 0 Å². The van der Waals surface area contributed by atoms with Gasteiger partial charge in [0.05, 0.1) is 5.69 Å². The summed E-state index contributed by atoms with van der Waals surface area (Å²) in [5.74, 6) is 0.185. The number of halogens is 1. The molecule has 0 unspecified atom stereocenters. The molecule has 0 aliphatic rings. The highest BCUT2D eigenvalue weighted by Gasteiger charge is 1.89. The molecule has 1 heterocycles. The lowest BCUT2D eigenvalue weighted by Gasteiger charge is -1.90. The lowest BCUT2D eigenvalue weighted by atomic mass is 10.3. The van der Waals surface area contributed by atoms with Crippen LogP contribution < -0.4 is 0 Å². The minimum Gasteiger partial charge on any atom is -0.220 e. The number of hydrogen-bond acceptors (Lipinski definition) is 2. The molecule has 0 N–H and O–H groups in total. The molecule has 0 radical (unpaired) electrons. The zero-order chi connectivity index (χ0) is 8.10. The molecular formula is C8H8FNS. The second kappa shape index (κ2) is 4.13. The Balaban J connectivity index is 2.79. The van der Waals surface area contributed by atoms with Crippen LogP contribution >= 0.6 is 12.6 Å². The molecule has 0 aliphatic heterocycles. The van der Waals surface area contributed by atoms with Gasteiger partial charge in [-0.3, -0.25) is 0 Å². The third-order valence-electron chi connectivity index (χ3n) is 1.13. The van der Waals surface area contributed by atoms with Crippen molar-refractivity contribution in [2.75, 3.05) is 5.75 Å². The van der Waals surface area contributed by atoms with E-state index < -0.39 is 5.95 Å². The Bertz CT molecular complexity index is 260. The largest absolute Gasteiger partial charge is 0.220 e. The molecule has 0 amide bonds. The van der Waals surface area contributed by atoms with Crippen molar-refractivity contribution >= 4 is 18.7 Å². The highest BCUT2D eigenvalue weighted by molar-refractivity contribution is 7.80. The molecule has 1 rings (SSSR count). The summed E-state index contributed by atoms with van der Waals surface area (Å²) in [6, 6.07) is 4.68. The number of hydrogen-bond donors (Lipinski definition) is 1. The Morgan fingerprint density at radius 1 is 1.55 bits per heavy atom. The molecule has 0 atom stereocenters. The number of nitrogens with zero attached hydrogens (tertiary/aromatic N) is 1. The maximum Gasteiger partial charge on any atom is 0.213 e. The van der Waals surface area contributed by atoms with Crippen molar-refractivity contribution < 1.29 is 4.39 Å². The van der Waals surface area contributed by atoms with Gasteiger partial charge in [0.15, 0.2) is 0 Å². The molecule has 11 heavy (non-hydrogen) atoms. The summed E-state index contributed by atoms with van der Waals surface area (Å²) >= 11 is 3.97. The minimum atomic E-state index is -0.452. The van der Waals surface area contributed by atoms with Crippen molar-refractivity contribution in [2.45, 2.75) is 0 Å². The Morgan fingerprint density at radius 2 is 2.36 bits per heavy atom. The molecule has 58 valence electrons. The van der Waals surface area contributed by atoms with E-state index in [1.165, 1.54) is 6.07 Å². The Hall–Kier alpha value is -0.830.